The van der Waals surface area contributed by atoms with Crippen molar-refractivity contribution in [1.29, 1.82) is 0 Å². The average Bonchev–Trinajstić information content (AvgIpc) is 2.95. The second-order valence-corrected chi connectivity index (χ2v) is 5.28. The summed E-state index contributed by atoms with van der Waals surface area (Å²) in [7, 11) is 0. The molecule has 1 atom stereocenters. The summed E-state index contributed by atoms with van der Waals surface area (Å²) in [6.07, 6.45) is 0.703. The van der Waals surface area contributed by atoms with E-state index in [0.717, 1.165) is 22.6 Å². The zero-order valence-corrected chi connectivity index (χ0v) is 13.0. The minimum absolute atomic E-state index is 0.156. The number of carbonyl (C=O) groups excluding carboxylic acids is 1. The van der Waals surface area contributed by atoms with Gasteiger partial charge in [0.05, 0.1) is 23.6 Å². The van der Waals surface area contributed by atoms with Crippen LogP contribution in [-0.2, 0) is 11.3 Å². The molecule has 3 aromatic rings. The monoisotopic (exact) mass is 309 g/mol. The van der Waals surface area contributed by atoms with Gasteiger partial charge in [0.1, 0.15) is 18.2 Å². The number of nitrogens with zero attached hydrogens (tertiary/aromatic N) is 2. The fourth-order valence-electron chi connectivity index (χ4n) is 2.61. The first-order valence-corrected chi connectivity index (χ1v) is 7.62. The highest BCUT2D eigenvalue weighted by Gasteiger charge is 2.15. The van der Waals surface area contributed by atoms with Crippen LogP contribution in [-0.4, -0.2) is 22.6 Å². The van der Waals surface area contributed by atoms with Gasteiger partial charge in [0.15, 0.2) is 0 Å². The summed E-state index contributed by atoms with van der Waals surface area (Å²) in [6, 6.07) is 17.5. The highest BCUT2D eigenvalue weighted by molar-refractivity contribution is 5.76. The number of benzene rings is 2. The van der Waals surface area contributed by atoms with Crippen molar-refractivity contribution < 1.29 is 9.53 Å². The number of para-hydroxylation sites is 3. The minimum Gasteiger partial charge on any atom is -0.492 e. The summed E-state index contributed by atoms with van der Waals surface area (Å²) in [5.74, 6) is 1.67. The number of hydrogen-bond donors (Lipinski definition) is 1. The molecule has 1 amide bonds. The first kappa shape index (κ1) is 15.1. The van der Waals surface area contributed by atoms with Gasteiger partial charge in [-0.2, -0.15) is 0 Å². The molecule has 0 fully saturated rings. The Kier molecular flexibility index (Phi) is 4.57. The molecule has 2 aromatic carbocycles. The lowest BCUT2D eigenvalue weighted by molar-refractivity contribution is -0.110. The van der Waals surface area contributed by atoms with E-state index < -0.39 is 0 Å². The lowest BCUT2D eigenvalue weighted by atomic mass is 10.3. The van der Waals surface area contributed by atoms with Crippen molar-refractivity contribution in [3.8, 4) is 5.75 Å². The first-order valence-electron chi connectivity index (χ1n) is 7.62. The largest absolute Gasteiger partial charge is 0.492 e. The normalized spacial score (nSPS) is 12.0. The van der Waals surface area contributed by atoms with E-state index in [2.05, 4.69) is 14.9 Å². The van der Waals surface area contributed by atoms with Crippen molar-refractivity contribution in [1.82, 2.24) is 14.9 Å². The number of amides is 1. The third kappa shape index (κ3) is 3.34. The molecule has 0 aliphatic heterocycles. The number of rotatable bonds is 7. The van der Waals surface area contributed by atoms with E-state index in [1.165, 1.54) is 0 Å². The summed E-state index contributed by atoms with van der Waals surface area (Å²) in [4.78, 5) is 15.4. The lowest BCUT2D eigenvalue weighted by Gasteiger charge is -2.14. The van der Waals surface area contributed by atoms with Crippen LogP contribution in [0.25, 0.3) is 11.0 Å². The maximum atomic E-state index is 10.7. The zero-order chi connectivity index (χ0) is 16.1. The van der Waals surface area contributed by atoms with Gasteiger partial charge in [0, 0.05) is 0 Å². The maximum absolute atomic E-state index is 10.7. The Balaban J connectivity index is 1.82. The predicted molar refractivity (Wildman–Crippen MR) is 89.3 cm³/mol. The zero-order valence-electron chi connectivity index (χ0n) is 13.0. The number of imidazole rings is 1. The third-order valence-corrected chi connectivity index (χ3v) is 3.72. The van der Waals surface area contributed by atoms with E-state index in [0.29, 0.717) is 19.6 Å². The van der Waals surface area contributed by atoms with Crippen LogP contribution < -0.4 is 10.1 Å². The quantitative estimate of drug-likeness (QED) is 0.683. The van der Waals surface area contributed by atoms with Crippen LogP contribution in [0.5, 0.6) is 5.75 Å². The van der Waals surface area contributed by atoms with Gasteiger partial charge in [-0.1, -0.05) is 30.3 Å². The Hall–Kier alpha value is -2.82. The van der Waals surface area contributed by atoms with E-state index in [-0.39, 0.29) is 6.04 Å². The molecular formula is C18H19N3O2. The topological polar surface area (TPSA) is 56.2 Å². The standard InChI is InChI=1S/C18H19N3O2/c1-14(19-13-22)18-20-16-9-5-6-10-17(16)21(18)11-12-23-15-7-3-2-4-8-15/h2-10,13-14H,11-12H2,1H3,(H,19,22)/t14-/m1/s1. The molecule has 0 aliphatic rings. The molecule has 0 spiro atoms. The van der Waals surface area contributed by atoms with E-state index in [9.17, 15) is 4.79 Å². The fourth-order valence-corrected chi connectivity index (χ4v) is 2.61. The van der Waals surface area contributed by atoms with Crippen LogP contribution in [0.3, 0.4) is 0 Å². The van der Waals surface area contributed by atoms with Crippen molar-refractivity contribution in [3.63, 3.8) is 0 Å². The van der Waals surface area contributed by atoms with E-state index in [1.54, 1.807) is 0 Å². The number of carbonyl (C=O) groups is 1. The van der Waals surface area contributed by atoms with E-state index in [4.69, 9.17) is 4.74 Å². The Bertz CT molecular complexity index is 783. The number of nitrogens with one attached hydrogen (secondary N) is 1. The SMILES string of the molecule is C[C@@H](NC=O)c1nc2ccccc2n1CCOc1ccccc1. The van der Waals surface area contributed by atoms with Crippen LogP contribution >= 0.6 is 0 Å². The highest BCUT2D eigenvalue weighted by Crippen LogP contribution is 2.20. The molecule has 1 aromatic heterocycles. The van der Waals surface area contributed by atoms with Gasteiger partial charge >= 0.3 is 0 Å². The van der Waals surface area contributed by atoms with Crippen molar-refractivity contribution in [2.24, 2.45) is 0 Å². The smallest absolute Gasteiger partial charge is 0.207 e. The summed E-state index contributed by atoms with van der Waals surface area (Å²) in [5, 5.41) is 2.77. The molecule has 1 heterocycles. The van der Waals surface area contributed by atoms with Crippen molar-refractivity contribution >= 4 is 17.4 Å². The maximum Gasteiger partial charge on any atom is 0.207 e. The molecule has 5 heteroatoms. The van der Waals surface area contributed by atoms with Gasteiger partial charge < -0.3 is 14.6 Å². The summed E-state index contributed by atoms with van der Waals surface area (Å²) in [5.41, 5.74) is 1.96. The van der Waals surface area contributed by atoms with Crippen molar-refractivity contribution in [2.45, 2.75) is 19.5 Å². The summed E-state index contributed by atoms with van der Waals surface area (Å²) in [6.45, 7) is 3.12. The molecule has 5 nitrogen and oxygen atoms in total. The summed E-state index contributed by atoms with van der Waals surface area (Å²) < 4.78 is 7.88. The Morgan fingerprint density at radius 2 is 1.91 bits per heavy atom. The van der Waals surface area contributed by atoms with Crippen LogP contribution in [0, 0.1) is 0 Å². The molecule has 118 valence electrons. The Morgan fingerprint density at radius 1 is 1.17 bits per heavy atom. The number of ether oxygens (including phenoxy) is 1. The Labute approximate surface area is 134 Å². The molecule has 0 saturated carbocycles. The van der Waals surface area contributed by atoms with Gasteiger partial charge in [-0.05, 0) is 31.2 Å². The number of aromatic nitrogens is 2. The fraction of sp³-hybridized carbons (Fsp3) is 0.222. The second kappa shape index (κ2) is 6.96. The summed E-state index contributed by atoms with van der Waals surface area (Å²) >= 11 is 0. The lowest BCUT2D eigenvalue weighted by Crippen LogP contribution is -2.21. The average molecular weight is 309 g/mol. The van der Waals surface area contributed by atoms with Gasteiger partial charge in [-0.25, -0.2) is 4.98 Å². The van der Waals surface area contributed by atoms with Crippen LogP contribution in [0.15, 0.2) is 54.6 Å². The number of fused-ring (bicyclic) bond motifs is 1. The van der Waals surface area contributed by atoms with Crippen molar-refractivity contribution in [2.75, 3.05) is 6.61 Å². The molecule has 1 N–H and O–H groups in total. The molecule has 0 aliphatic carbocycles. The second-order valence-electron chi connectivity index (χ2n) is 5.28. The van der Waals surface area contributed by atoms with Crippen molar-refractivity contribution in [3.05, 3.63) is 60.4 Å². The molecular weight excluding hydrogens is 290 g/mol. The van der Waals surface area contributed by atoms with Gasteiger partial charge in [0.2, 0.25) is 6.41 Å². The van der Waals surface area contributed by atoms with E-state index >= 15 is 0 Å². The molecule has 23 heavy (non-hydrogen) atoms. The molecule has 0 bridgehead atoms. The van der Waals surface area contributed by atoms with E-state index in [1.807, 2.05) is 61.5 Å². The van der Waals surface area contributed by atoms with Gasteiger partial charge in [-0.3, -0.25) is 4.79 Å². The van der Waals surface area contributed by atoms with Crippen LogP contribution in [0.1, 0.15) is 18.8 Å². The molecule has 0 radical (unpaired) electrons. The molecule has 3 rings (SSSR count). The van der Waals surface area contributed by atoms with Gasteiger partial charge in [-0.15, -0.1) is 0 Å². The highest BCUT2D eigenvalue weighted by atomic mass is 16.5. The minimum atomic E-state index is -0.156. The molecule has 0 unspecified atom stereocenters. The Morgan fingerprint density at radius 3 is 2.70 bits per heavy atom. The first-order chi connectivity index (χ1) is 11.3. The number of hydrogen-bond acceptors (Lipinski definition) is 3. The molecule has 0 saturated heterocycles. The van der Waals surface area contributed by atoms with Gasteiger partial charge in [0.25, 0.3) is 0 Å². The predicted octanol–water partition coefficient (Wildman–Crippen LogP) is 2.92. The third-order valence-electron chi connectivity index (χ3n) is 3.72. The van der Waals surface area contributed by atoms with Crippen LogP contribution in [0.2, 0.25) is 0 Å². The van der Waals surface area contributed by atoms with Crippen LogP contribution in [0.4, 0.5) is 0 Å².